The molecule has 0 atom stereocenters. The van der Waals surface area contributed by atoms with Crippen molar-refractivity contribution in [1.29, 1.82) is 0 Å². The van der Waals surface area contributed by atoms with Crippen LogP contribution in [0.25, 0.3) is 0 Å². The van der Waals surface area contributed by atoms with Gasteiger partial charge < -0.3 is 5.32 Å². The number of non-ortho nitro benzene ring substituents is 1. The highest BCUT2D eigenvalue weighted by atomic mass is 19.4. The quantitative estimate of drug-likeness (QED) is 0.519. The Morgan fingerprint density at radius 1 is 1.22 bits per heavy atom. The fourth-order valence-electron chi connectivity index (χ4n) is 1.16. The summed E-state index contributed by atoms with van der Waals surface area (Å²) in [6, 6.07) is 0.859. The fourth-order valence-corrected chi connectivity index (χ4v) is 1.16. The molecule has 0 fully saturated rings. The summed E-state index contributed by atoms with van der Waals surface area (Å²) in [6.07, 6.45) is -5.73. The van der Waals surface area contributed by atoms with E-state index in [1.807, 2.05) is 5.32 Å². The molecule has 1 aromatic rings. The molecule has 1 aromatic carbocycles. The van der Waals surface area contributed by atoms with Crippen LogP contribution in [-0.4, -0.2) is 17.6 Å². The van der Waals surface area contributed by atoms with Gasteiger partial charge in [-0.25, -0.2) is 8.78 Å². The summed E-state index contributed by atoms with van der Waals surface area (Å²) in [7, 11) is 0. The zero-order chi connectivity index (χ0) is 13.9. The molecule has 1 N–H and O–H groups in total. The summed E-state index contributed by atoms with van der Waals surface area (Å²) in [5.74, 6) is -2.63. The van der Waals surface area contributed by atoms with Crippen molar-refractivity contribution in [3.05, 3.63) is 33.9 Å². The van der Waals surface area contributed by atoms with Crippen molar-refractivity contribution >= 4 is 11.4 Å². The first-order chi connectivity index (χ1) is 8.20. The lowest BCUT2D eigenvalue weighted by Crippen LogP contribution is -2.15. The van der Waals surface area contributed by atoms with E-state index in [0.29, 0.717) is 12.1 Å². The third kappa shape index (κ3) is 3.82. The van der Waals surface area contributed by atoms with Crippen molar-refractivity contribution < 1.29 is 26.9 Å². The van der Waals surface area contributed by atoms with Crippen molar-refractivity contribution in [2.24, 2.45) is 0 Å². The molecule has 0 unspecified atom stereocenters. The van der Waals surface area contributed by atoms with Crippen LogP contribution in [0.3, 0.4) is 0 Å². The van der Waals surface area contributed by atoms with E-state index in [0.717, 1.165) is 0 Å². The van der Waals surface area contributed by atoms with Gasteiger partial charge in [-0.1, -0.05) is 0 Å². The van der Waals surface area contributed by atoms with Crippen LogP contribution in [0.15, 0.2) is 12.1 Å². The Labute approximate surface area is 97.6 Å². The average molecular weight is 270 g/mol. The predicted molar refractivity (Wildman–Crippen MR) is 52.2 cm³/mol. The van der Waals surface area contributed by atoms with Crippen LogP contribution in [0.1, 0.15) is 6.42 Å². The number of hydrogen-bond donors (Lipinski definition) is 1. The van der Waals surface area contributed by atoms with Crippen LogP contribution >= 0.6 is 0 Å². The van der Waals surface area contributed by atoms with E-state index in [2.05, 4.69) is 0 Å². The van der Waals surface area contributed by atoms with Crippen LogP contribution in [0.2, 0.25) is 0 Å². The van der Waals surface area contributed by atoms with Crippen molar-refractivity contribution in [2.75, 3.05) is 11.9 Å². The predicted octanol–water partition coefficient (Wildman–Crippen LogP) is 3.24. The lowest BCUT2D eigenvalue weighted by atomic mass is 10.2. The number of nitrogens with one attached hydrogen (secondary N) is 1. The Kier molecular flexibility index (Phi) is 4.04. The Bertz CT molecular complexity index is 438. The number of hydrogen-bond acceptors (Lipinski definition) is 3. The molecule has 0 aliphatic heterocycles. The van der Waals surface area contributed by atoms with E-state index in [1.165, 1.54) is 0 Å². The molecule has 100 valence electrons. The summed E-state index contributed by atoms with van der Waals surface area (Å²) < 4.78 is 61.8. The molecule has 0 saturated heterocycles. The number of rotatable bonds is 4. The maximum atomic E-state index is 13.2. The summed E-state index contributed by atoms with van der Waals surface area (Å²) in [4.78, 5) is 9.26. The normalized spacial score (nSPS) is 11.4. The Morgan fingerprint density at radius 3 is 2.11 bits per heavy atom. The van der Waals surface area contributed by atoms with Gasteiger partial charge in [-0.05, 0) is 0 Å². The molecule has 0 saturated carbocycles. The lowest BCUT2D eigenvalue weighted by Gasteiger charge is -2.10. The van der Waals surface area contributed by atoms with E-state index in [-0.39, 0.29) is 0 Å². The highest BCUT2D eigenvalue weighted by Crippen LogP contribution is 2.26. The Balaban J connectivity index is 2.81. The zero-order valence-corrected chi connectivity index (χ0v) is 8.72. The van der Waals surface area contributed by atoms with Crippen molar-refractivity contribution in [3.63, 3.8) is 0 Å². The first-order valence-electron chi connectivity index (χ1n) is 4.65. The van der Waals surface area contributed by atoms with Gasteiger partial charge in [0.1, 0.15) is 5.69 Å². The monoisotopic (exact) mass is 270 g/mol. The van der Waals surface area contributed by atoms with Crippen LogP contribution < -0.4 is 5.32 Å². The first-order valence-corrected chi connectivity index (χ1v) is 4.65. The summed E-state index contributed by atoms with van der Waals surface area (Å²) in [5.41, 5.74) is -1.63. The molecule has 0 aliphatic rings. The third-order valence-electron chi connectivity index (χ3n) is 1.95. The molecule has 4 nitrogen and oxygen atoms in total. The summed E-state index contributed by atoms with van der Waals surface area (Å²) in [5, 5.41) is 12.2. The molecule has 9 heteroatoms. The molecule has 0 aliphatic carbocycles. The molecule has 0 aromatic heterocycles. The maximum absolute atomic E-state index is 13.2. The fraction of sp³-hybridized carbons (Fsp3) is 0.333. The van der Waals surface area contributed by atoms with Gasteiger partial charge in [0, 0.05) is 6.54 Å². The molecule has 18 heavy (non-hydrogen) atoms. The molecule has 0 radical (unpaired) electrons. The molecule has 1 rings (SSSR count). The molecular weight excluding hydrogens is 263 g/mol. The molecule has 0 amide bonds. The number of nitro benzene ring substituents is 1. The molecule has 0 spiro atoms. The maximum Gasteiger partial charge on any atom is 0.390 e. The van der Waals surface area contributed by atoms with Gasteiger partial charge in [-0.3, -0.25) is 10.1 Å². The van der Waals surface area contributed by atoms with Crippen LogP contribution in [0, 0.1) is 21.7 Å². The zero-order valence-electron chi connectivity index (χ0n) is 8.72. The van der Waals surface area contributed by atoms with Gasteiger partial charge in [-0.2, -0.15) is 13.2 Å². The van der Waals surface area contributed by atoms with Crippen LogP contribution in [-0.2, 0) is 0 Å². The van der Waals surface area contributed by atoms with Gasteiger partial charge in [-0.15, -0.1) is 0 Å². The minimum Gasteiger partial charge on any atom is -0.380 e. The second-order valence-corrected chi connectivity index (χ2v) is 3.33. The van der Waals surface area contributed by atoms with Crippen LogP contribution in [0.4, 0.5) is 33.3 Å². The lowest BCUT2D eigenvalue weighted by molar-refractivity contribution is -0.385. The number of alkyl halides is 3. The van der Waals surface area contributed by atoms with E-state index in [9.17, 15) is 32.1 Å². The number of nitrogens with zero attached hydrogens (tertiary/aromatic N) is 1. The van der Waals surface area contributed by atoms with Crippen molar-refractivity contribution in [3.8, 4) is 0 Å². The van der Waals surface area contributed by atoms with Crippen LogP contribution in [0.5, 0.6) is 0 Å². The smallest absolute Gasteiger partial charge is 0.380 e. The second kappa shape index (κ2) is 5.15. The van der Waals surface area contributed by atoms with Gasteiger partial charge in [0.25, 0.3) is 5.69 Å². The topological polar surface area (TPSA) is 55.2 Å². The molecule has 0 heterocycles. The van der Waals surface area contributed by atoms with Gasteiger partial charge >= 0.3 is 6.18 Å². The van der Waals surface area contributed by atoms with Gasteiger partial charge in [0.05, 0.1) is 23.5 Å². The highest BCUT2D eigenvalue weighted by molar-refractivity contribution is 5.51. The van der Waals surface area contributed by atoms with Gasteiger partial charge in [0.2, 0.25) is 0 Å². The Hall–Kier alpha value is -1.93. The number of halogens is 5. The number of benzene rings is 1. The minimum atomic E-state index is -4.46. The Morgan fingerprint density at radius 2 is 1.72 bits per heavy atom. The standard InChI is InChI=1S/C9H7F5N2O2/c10-6-3-5(16(17)18)4-7(11)8(6)15-2-1-9(12,13)14/h3-4,15H,1-2H2. The van der Waals surface area contributed by atoms with Crippen molar-refractivity contribution in [1.82, 2.24) is 0 Å². The van der Waals surface area contributed by atoms with E-state index in [1.54, 1.807) is 0 Å². The summed E-state index contributed by atoms with van der Waals surface area (Å²) in [6.45, 7) is -0.727. The molecular formula is C9H7F5N2O2. The van der Waals surface area contributed by atoms with E-state index in [4.69, 9.17) is 0 Å². The summed E-state index contributed by atoms with van der Waals surface area (Å²) >= 11 is 0. The second-order valence-electron chi connectivity index (χ2n) is 3.33. The van der Waals surface area contributed by atoms with Gasteiger partial charge in [0.15, 0.2) is 11.6 Å². The average Bonchev–Trinajstić information content (AvgIpc) is 2.20. The SMILES string of the molecule is O=[N+]([O-])c1cc(F)c(NCCC(F)(F)F)c(F)c1. The van der Waals surface area contributed by atoms with Crippen molar-refractivity contribution in [2.45, 2.75) is 12.6 Å². The largest absolute Gasteiger partial charge is 0.390 e. The number of anilines is 1. The molecule has 0 bridgehead atoms. The minimum absolute atomic E-state index is 0.430. The highest BCUT2D eigenvalue weighted by Gasteiger charge is 2.27. The van der Waals surface area contributed by atoms with E-state index >= 15 is 0 Å². The first kappa shape index (κ1) is 14.1. The van der Waals surface area contributed by atoms with E-state index < -0.39 is 47.1 Å². The third-order valence-corrected chi connectivity index (χ3v) is 1.95. The number of nitro groups is 1.